The molecule has 0 spiro atoms. The van der Waals surface area contributed by atoms with Crippen molar-refractivity contribution in [3.05, 3.63) is 47.4 Å². The van der Waals surface area contributed by atoms with Crippen LogP contribution in [0.3, 0.4) is 0 Å². The number of benzene rings is 1. The van der Waals surface area contributed by atoms with Gasteiger partial charge in [-0.25, -0.2) is 15.0 Å². The third kappa shape index (κ3) is 3.95. The van der Waals surface area contributed by atoms with E-state index in [0.29, 0.717) is 6.54 Å². The number of imidazole rings is 1. The second kappa shape index (κ2) is 8.86. The van der Waals surface area contributed by atoms with Gasteiger partial charge >= 0.3 is 0 Å². The molecular formula is C24H28N6OS. The van der Waals surface area contributed by atoms with Crippen molar-refractivity contribution >= 4 is 44.3 Å². The number of piperidine rings is 1. The van der Waals surface area contributed by atoms with Crippen LogP contribution in [-0.4, -0.2) is 45.1 Å². The number of amides is 1. The molecule has 1 aromatic carbocycles. The number of aryl methyl sites for hydroxylation is 3. The van der Waals surface area contributed by atoms with Crippen molar-refractivity contribution in [1.29, 1.82) is 0 Å². The predicted molar refractivity (Wildman–Crippen MR) is 129 cm³/mol. The normalized spacial score (nSPS) is 15.0. The Labute approximate surface area is 191 Å². The number of aromatic nitrogens is 4. The molecule has 4 heterocycles. The maximum Gasteiger partial charge on any atom is 0.223 e. The smallest absolute Gasteiger partial charge is 0.223 e. The lowest BCUT2D eigenvalue weighted by atomic mass is 9.95. The minimum Gasteiger partial charge on any atom is -0.356 e. The lowest BCUT2D eigenvalue weighted by Gasteiger charge is -2.32. The first-order valence-corrected chi connectivity index (χ1v) is 12.1. The van der Waals surface area contributed by atoms with Gasteiger partial charge < -0.3 is 14.8 Å². The summed E-state index contributed by atoms with van der Waals surface area (Å²) >= 11 is 1.73. The van der Waals surface area contributed by atoms with Gasteiger partial charge in [0.25, 0.3) is 0 Å². The van der Waals surface area contributed by atoms with Crippen LogP contribution in [0.15, 0.2) is 36.9 Å². The molecule has 1 fully saturated rings. The van der Waals surface area contributed by atoms with E-state index in [2.05, 4.69) is 49.6 Å². The number of hydrogen-bond acceptors (Lipinski definition) is 6. The van der Waals surface area contributed by atoms with Gasteiger partial charge in [0, 0.05) is 37.0 Å². The van der Waals surface area contributed by atoms with Crippen molar-refractivity contribution in [2.45, 2.75) is 39.7 Å². The Morgan fingerprint density at radius 2 is 1.97 bits per heavy atom. The van der Waals surface area contributed by atoms with Crippen molar-refractivity contribution in [2.75, 3.05) is 24.5 Å². The Morgan fingerprint density at radius 1 is 1.16 bits per heavy atom. The predicted octanol–water partition coefficient (Wildman–Crippen LogP) is 4.08. The minimum absolute atomic E-state index is 0.0722. The molecule has 0 saturated carbocycles. The summed E-state index contributed by atoms with van der Waals surface area (Å²) in [7, 11) is 0. The quantitative estimate of drug-likeness (QED) is 0.450. The van der Waals surface area contributed by atoms with Gasteiger partial charge in [0.2, 0.25) is 5.91 Å². The molecule has 1 aliphatic rings. The molecule has 1 N–H and O–H groups in total. The van der Waals surface area contributed by atoms with Crippen molar-refractivity contribution < 1.29 is 4.79 Å². The molecule has 0 radical (unpaired) electrons. The van der Waals surface area contributed by atoms with E-state index in [4.69, 9.17) is 0 Å². The molecule has 4 aromatic rings. The molecule has 0 bridgehead atoms. The summed E-state index contributed by atoms with van der Waals surface area (Å²) in [5.41, 5.74) is 3.42. The molecule has 166 valence electrons. The number of nitrogens with zero attached hydrogens (tertiary/aromatic N) is 5. The average Bonchev–Trinajstić information content (AvgIpc) is 3.37. The molecule has 0 unspecified atom stereocenters. The molecule has 3 aromatic heterocycles. The fraction of sp³-hybridized carbons (Fsp3) is 0.417. The van der Waals surface area contributed by atoms with Crippen LogP contribution in [0.2, 0.25) is 0 Å². The Balaban J connectivity index is 1.13. The number of thiophene rings is 1. The van der Waals surface area contributed by atoms with Crippen LogP contribution in [0.1, 0.15) is 29.7 Å². The molecule has 32 heavy (non-hydrogen) atoms. The topological polar surface area (TPSA) is 75.9 Å². The summed E-state index contributed by atoms with van der Waals surface area (Å²) in [4.78, 5) is 30.8. The van der Waals surface area contributed by atoms with E-state index in [1.165, 1.54) is 15.8 Å². The SMILES string of the molecule is Cc1sc2ncnc(N3CCC(C(=O)NCCCn4cnc5ccccc54)CC3)c2c1C. The Kier molecular flexibility index (Phi) is 5.78. The number of rotatable bonds is 6. The zero-order valence-corrected chi connectivity index (χ0v) is 19.4. The molecule has 1 aliphatic heterocycles. The Hall–Kier alpha value is -3.00. The maximum absolute atomic E-state index is 12.7. The summed E-state index contributed by atoms with van der Waals surface area (Å²) in [5.74, 6) is 1.27. The number of para-hydroxylation sites is 2. The van der Waals surface area contributed by atoms with E-state index >= 15 is 0 Å². The van der Waals surface area contributed by atoms with Crippen LogP contribution in [0, 0.1) is 19.8 Å². The highest BCUT2D eigenvalue weighted by molar-refractivity contribution is 7.18. The first-order chi connectivity index (χ1) is 15.6. The molecule has 8 heteroatoms. The third-order valence-corrected chi connectivity index (χ3v) is 7.63. The Bertz CT molecular complexity index is 1250. The third-order valence-electron chi connectivity index (χ3n) is 6.51. The van der Waals surface area contributed by atoms with E-state index < -0.39 is 0 Å². The van der Waals surface area contributed by atoms with Crippen LogP contribution in [0.4, 0.5) is 5.82 Å². The minimum atomic E-state index is 0.0722. The number of nitrogens with one attached hydrogen (secondary N) is 1. The number of carbonyl (C=O) groups excluding carboxylic acids is 1. The van der Waals surface area contributed by atoms with Gasteiger partial charge in [-0.05, 0) is 50.8 Å². The maximum atomic E-state index is 12.7. The van der Waals surface area contributed by atoms with Crippen LogP contribution >= 0.6 is 11.3 Å². The van der Waals surface area contributed by atoms with Gasteiger partial charge in [-0.15, -0.1) is 11.3 Å². The van der Waals surface area contributed by atoms with Gasteiger partial charge in [-0.2, -0.15) is 0 Å². The van der Waals surface area contributed by atoms with Gasteiger partial charge in [0.05, 0.1) is 22.7 Å². The van der Waals surface area contributed by atoms with E-state index in [1.807, 2.05) is 24.5 Å². The first-order valence-electron chi connectivity index (χ1n) is 11.2. The number of anilines is 1. The number of fused-ring (bicyclic) bond motifs is 2. The molecule has 1 saturated heterocycles. The zero-order chi connectivity index (χ0) is 22.1. The highest BCUT2D eigenvalue weighted by Gasteiger charge is 2.27. The van der Waals surface area contributed by atoms with Crippen molar-refractivity contribution in [3.8, 4) is 0 Å². The van der Waals surface area contributed by atoms with E-state index in [1.54, 1.807) is 17.7 Å². The highest BCUT2D eigenvalue weighted by atomic mass is 32.1. The molecule has 0 atom stereocenters. The van der Waals surface area contributed by atoms with Crippen molar-refractivity contribution in [2.24, 2.45) is 5.92 Å². The zero-order valence-electron chi connectivity index (χ0n) is 18.5. The number of carbonyl (C=O) groups is 1. The van der Waals surface area contributed by atoms with E-state index in [9.17, 15) is 4.79 Å². The summed E-state index contributed by atoms with van der Waals surface area (Å²) < 4.78 is 2.15. The number of hydrogen-bond donors (Lipinski definition) is 1. The van der Waals surface area contributed by atoms with Gasteiger partial charge in [-0.1, -0.05) is 12.1 Å². The molecular weight excluding hydrogens is 420 g/mol. The van der Waals surface area contributed by atoms with Crippen LogP contribution in [0.25, 0.3) is 21.3 Å². The highest BCUT2D eigenvalue weighted by Crippen LogP contribution is 2.35. The second-order valence-corrected chi connectivity index (χ2v) is 9.70. The van der Waals surface area contributed by atoms with E-state index in [-0.39, 0.29) is 11.8 Å². The second-order valence-electron chi connectivity index (χ2n) is 8.49. The monoisotopic (exact) mass is 448 g/mol. The van der Waals surface area contributed by atoms with Crippen molar-refractivity contribution in [1.82, 2.24) is 24.8 Å². The average molecular weight is 449 g/mol. The van der Waals surface area contributed by atoms with Gasteiger partial charge in [-0.3, -0.25) is 4.79 Å². The summed E-state index contributed by atoms with van der Waals surface area (Å²) in [5, 5.41) is 4.32. The standard InChI is InChI=1S/C24H28N6OS/c1-16-17(2)32-24-21(16)22(26-14-27-24)29-12-8-18(9-13-29)23(31)25-10-5-11-30-15-28-19-6-3-4-7-20(19)30/h3-4,6-7,14-15,18H,5,8-13H2,1-2H3,(H,25,31). The van der Waals surface area contributed by atoms with Crippen LogP contribution in [-0.2, 0) is 11.3 Å². The van der Waals surface area contributed by atoms with Crippen molar-refractivity contribution in [3.63, 3.8) is 0 Å². The lowest BCUT2D eigenvalue weighted by molar-refractivity contribution is -0.125. The Morgan fingerprint density at radius 3 is 2.81 bits per heavy atom. The van der Waals surface area contributed by atoms with Gasteiger partial charge in [0.1, 0.15) is 17.0 Å². The first kappa shape index (κ1) is 20.9. The van der Waals surface area contributed by atoms with Crippen LogP contribution < -0.4 is 10.2 Å². The molecule has 7 nitrogen and oxygen atoms in total. The fourth-order valence-electron chi connectivity index (χ4n) is 4.55. The largest absolute Gasteiger partial charge is 0.356 e. The summed E-state index contributed by atoms with van der Waals surface area (Å²) in [6, 6.07) is 8.13. The lowest BCUT2D eigenvalue weighted by Crippen LogP contribution is -2.41. The van der Waals surface area contributed by atoms with Crippen LogP contribution in [0.5, 0.6) is 0 Å². The molecule has 5 rings (SSSR count). The summed E-state index contributed by atoms with van der Waals surface area (Å²) in [6.45, 7) is 7.51. The van der Waals surface area contributed by atoms with Gasteiger partial charge in [0.15, 0.2) is 0 Å². The molecule has 0 aliphatic carbocycles. The summed E-state index contributed by atoms with van der Waals surface area (Å²) in [6.07, 6.45) is 6.14. The molecule has 1 amide bonds. The fourth-order valence-corrected chi connectivity index (χ4v) is 5.54. The van der Waals surface area contributed by atoms with E-state index in [0.717, 1.165) is 60.6 Å².